The summed E-state index contributed by atoms with van der Waals surface area (Å²) in [4.78, 5) is 28.5. The normalized spacial score (nSPS) is 11.8. The van der Waals surface area contributed by atoms with Gasteiger partial charge < -0.3 is 15.8 Å². The number of aryl methyl sites for hydroxylation is 1. The smallest absolute Gasteiger partial charge is 0.310 e. The van der Waals surface area contributed by atoms with Crippen LogP contribution in [0, 0.1) is 12.8 Å². The van der Waals surface area contributed by atoms with Crippen LogP contribution in [0.4, 0.5) is 0 Å². The van der Waals surface area contributed by atoms with E-state index < -0.39 is 5.92 Å². The van der Waals surface area contributed by atoms with Gasteiger partial charge in [0.25, 0.3) is 5.91 Å². The minimum absolute atomic E-state index is 0.198. The van der Waals surface area contributed by atoms with E-state index in [1.807, 2.05) is 31.2 Å². The van der Waals surface area contributed by atoms with Gasteiger partial charge in [0.2, 0.25) is 0 Å². The summed E-state index contributed by atoms with van der Waals surface area (Å²) >= 11 is 1.41. The van der Waals surface area contributed by atoms with E-state index in [1.165, 1.54) is 18.4 Å². The SMILES string of the molecule is COC(=O)C(CNC(=O)c1csc(CCN)n1)Cc1cccc(C)c1. The Morgan fingerprint density at radius 1 is 1.40 bits per heavy atom. The minimum atomic E-state index is -0.446. The number of hydrogen-bond acceptors (Lipinski definition) is 6. The Balaban J connectivity index is 1.99. The Hall–Kier alpha value is -2.25. The zero-order valence-corrected chi connectivity index (χ0v) is 15.3. The first-order chi connectivity index (χ1) is 12.0. The Kier molecular flexibility index (Phi) is 7.09. The first-order valence-electron chi connectivity index (χ1n) is 8.09. The van der Waals surface area contributed by atoms with Crippen LogP contribution in [0.1, 0.15) is 26.6 Å². The first kappa shape index (κ1) is 19.1. The van der Waals surface area contributed by atoms with Crippen LogP contribution in [0.15, 0.2) is 29.6 Å². The number of amides is 1. The van der Waals surface area contributed by atoms with E-state index in [0.29, 0.717) is 25.1 Å². The topological polar surface area (TPSA) is 94.3 Å². The molecule has 0 radical (unpaired) electrons. The molecule has 1 heterocycles. The average molecular weight is 361 g/mol. The van der Waals surface area contributed by atoms with Crippen LogP contribution >= 0.6 is 11.3 Å². The van der Waals surface area contributed by atoms with Crippen molar-refractivity contribution in [3.05, 3.63) is 51.5 Å². The molecule has 0 aliphatic carbocycles. The van der Waals surface area contributed by atoms with Gasteiger partial charge in [-0.05, 0) is 25.5 Å². The molecule has 1 aromatic heterocycles. The van der Waals surface area contributed by atoms with Gasteiger partial charge in [0.1, 0.15) is 5.69 Å². The molecule has 0 saturated heterocycles. The van der Waals surface area contributed by atoms with Crippen molar-refractivity contribution in [1.82, 2.24) is 10.3 Å². The highest BCUT2D eigenvalue weighted by Gasteiger charge is 2.21. The number of carbonyl (C=O) groups excluding carboxylic acids is 2. The molecule has 3 N–H and O–H groups in total. The lowest BCUT2D eigenvalue weighted by Crippen LogP contribution is -2.35. The number of hydrogen-bond donors (Lipinski definition) is 2. The van der Waals surface area contributed by atoms with E-state index in [0.717, 1.165) is 16.1 Å². The van der Waals surface area contributed by atoms with Gasteiger partial charge >= 0.3 is 5.97 Å². The van der Waals surface area contributed by atoms with E-state index in [9.17, 15) is 9.59 Å². The average Bonchev–Trinajstić information content (AvgIpc) is 3.06. The number of thiazole rings is 1. The number of aromatic nitrogens is 1. The molecule has 0 fully saturated rings. The number of rotatable bonds is 8. The van der Waals surface area contributed by atoms with Gasteiger partial charge in [0.05, 0.1) is 18.0 Å². The highest BCUT2D eigenvalue weighted by atomic mass is 32.1. The molecule has 1 amide bonds. The molecule has 1 atom stereocenters. The fourth-order valence-corrected chi connectivity index (χ4v) is 3.28. The highest BCUT2D eigenvalue weighted by Crippen LogP contribution is 2.13. The molecule has 0 bridgehead atoms. The number of nitrogens with one attached hydrogen (secondary N) is 1. The van der Waals surface area contributed by atoms with Crippen LogP contribution in [-0.4, -0.2) is 37.1 Å². The van der Waals surface area contributed by atoms with Crippen molar-refractivity contribution < 1.29 is 14.3 Å². The zero-order chi connectivity index (χ0) is 18.2. The summed E-state index contributed by atoms with van der Waals surface area (Å²) in [6.07, 6.45) is 1.15. The van der Waals surface area contributed by atoms with E-state index in [4.69, 9.17) is 10.5 Å². The van der Waals surface area contributed by atoms with E-state index in [2.05, 4.69) is 10.3 Å². The van der Waals surface area contributed by atoms with E-state index in [1.54, 1.807) is 5.38 Å². The van der Waals surface area contributed by atoms with Crippen molar-refractivity contribution in [3.63, 3.8) is 0 Å². The van der Waals surface area contributed by atoms with Gasteiger partial charge in [-0.2, -0.15) is 0 Å². The third kappa shape index (κ3) is 5.65. The maximum Gasteiger partial charge on any atom is 0.310 e. The number of methoxy groups -OCH3 is 1. The minimum Gasteiger partial charge on any atom is -0.469 e. The maximum atomic E-state index is 12.2. The molecule has 1 unspecified atom stereocenters. The molecule has 25 heavy (non-hydrogen) atoms. The number of esters is 1. The Morgan fingerprint density at radius 2 is 2.20 bits per heavy atom. The Morgan fingerprint density at radius 3 is 2.88 bits per heavy atom. The number of nitrogens with two attached hydrogens (primary N) is 1. The maximum absolute atomic E-state index is 12.2. The fraction of sp³-hybridized carbons (Fsp3) is 0.389. The second-order valence-electron chi connectivity index (χ2n) is 5.79. The molecule has 7 heteroatoms. The van der Waals surface area contributed by atoms with Crippen LogP contribution < -0.4 is 11.1 Å². The van der Waals surface area contributed by atoms with Crippen LogP contribution in [-0.2, 0) is 22.4 Å². The van der Waals surface area contributed by atoms with Crippen LogP contribution in [0.25, 0.3) is 0 Å². The van der Waals surface area contributed by atoms with Gasteiger partial charge in [0.15, 0.2) is 0 Å². The van der Waals surface area contributed by atoms with Gasteiger partial charge in [-0.25, -0.2) is 4.98 Å². The summed E-state index contributed by atoms with van der Waals surface area (Å²) in [6.45, 7) is 2.69. The lowest BCUT2D eigenvalue weighted by atomic mass is 9.98. The largest absolute Gasteiger partial charge is 0.469 e. The lowest BCUT2D eigenvalue weighted by molar-refractivity contribution is -0.145. The van der Waals surface area contributed by atoms with E-state index >= 15 is 0 Å². The number of nitrogens with zero attached hydrogens (tertiary/aromatic N) is 1. The summed E-state index contributed by atoms with van der Waals surface area (Å²) in [7, 11) is 1.35. The molecule has 0 aliphatic heterocycles. The molecule has 134 valence electrons. The van der Waals surface area contributed by atoms with Gasteiger partial charge in [-0.3, -0.25) is 9.59 Å². The molecule has 0 spiro atoms. The lowest BCUT2D eigenvalue weighted by Gasteiger charge is -2.15. The molecular weight excluding hydrogens is 338 g/mol. The van der Waals surface area contributed by atoms with Crippen LogP contribution in [0.5, 0.6) is 0 Å². The van der Waals surface area contributed by atoms with Crippen molar-refractivity contribution in [2.75, 3.05) is 20.2 Å². The molecular formula is C18H23N3O3S. The Labute approximate surface area is 151 Å². The van der Waals surface area contributed by atoms with Crippen molar-refractivity contribution >= 4 is 23.2 Å². The quantitative estimate of drug-likeness (QED) is 0.698. The summed E-state index contributed by atoms with van der Waals surface area (Å²) < 4.78 is 4.87. The van der Waals surface area contributed by atoms with Crippen molar-refractivity contribution in [3.8, 4) is 0 Å². The van der Waals surface area contributed by atoms with Gasteiger partial charge in [0, 0.05) is 18.3 Å². The zero-order valence-electron chi connectivity index (χ0n) is 14.5. The monoisotopic (exact) mass is 361 g/mol. The second kappa shape index (κ2) is 9.29. The fourth-order valence-electron chi connectivity index (χ4n) is 2.49. The first-order valence-corrected chi connectivity index (χ1v) is 8.97. The highest BCUT2D eigenvalue weighted by molar-refractivity contribution is 7.09. The summed E-state index contributed by atoms with van der Waals surface area (Å²) in [5, 5.41) is 5.31. The summed E-state index contributed by atoms with van der Waals surface area (Å²) in [5.74, 6) is -1.08. The third-order valence-corrected chi connectivity index (χ3v) is 4.66. The second-order valence-corrected chi connectivity index (χ2v) is 6.73. The van der Waals surface area contributed by atoms with Crippen molar-refractivity contribution in [1.29, 1.82) is 0 Å². The van der Waals surface area contributed by atoms with E-state index in [-0.39, 0.29) is 18.4 Å². The molecule has 1 aromatic carbocycles. The predicted octanol–water partition coefficient (Wildman–Crippen LogP) is 1.71. The Bertz CT molecular complexity index is 730. The summed E-state index contributed by atoms with van der Waals surface area (Å²) in [6, 6.07) is 7.94. The standard InChI is InChI=1S/C18H23N3O3S/c1-12-4-3-5-13(8-12)9-14(18(23)24-2)10-20-17(22)15-11-25-16(21-15)6-7-19/h3-5,8,11,14H,6-7,9-10,19H2,1-2H3,(H,20,22). The van der Waals surface area contributed by atoms with Crippen LogP contribution in [0.2, 0.25) is 0 Å². The van der Waals surface area contributed by atoms with Crippen molar-refractivity contribution in [2.45, 2.75) is 19.8 Å². The predicted molar refractivity (Wildman–Crippen MR) is 97.6 cm³/mol. The molecule has 2 aromatic rings. The number of ether oxygens (including phenoxy) is 1. The van der Waals surface area contributed by atoms with Crippen molar-refractivity contribution in [2.24, 2.45) is 11.7 Å². The molecule has 0 aliphatic rings. The number of benzene rings is 1. The molecule has 0 saturated carbocycles. The van der Waals surface area contributed by atoms with Gasteiger partial charge in [-0.1, -0.05) is 29.8 Å². The third-order valence-electron chi connectivity index (χ3n) is 3.75. The van der Waals surface area contributed by atoms with Gasteiger partial charge in [-0.15, -0.1) is 11.3 Å². The molecule has 2 rings (SSSR count). The number of carbonyl (C=O) groups is 2. The summed E-state index contributed by atoms with van der Waals surface area (Å²) in [5.41, 5.74) is 8.00. The van der Waals surface area contributed by atoms with Crippen LogP contribution in [0.3, 0.4) is 0 Å². The molecule has 6 nitrogen and oxygen atoms in total.